The van der Waals surface area contributed by atoms with E-state index in [0.29, 0.717) is 53.8 Å². The minimum atomic E-state index is -0.876. The minimum absolute atomic E-state index is 0.0173. The minimum Gasteiger partial charge on any atom is -0.507 e. The molecule has 3 rings (SSSR count). The van der Waals surface area contributed by atoms with Crippen LogP contribution < -0.4 is 18.9 Å². The van der Waals surface area contributed by atoms with E-state index in [-0.39, 0.29) is 24.0 Å². The third kappa shape index (κ3) is 6.22. The summed E-state index contributed by atoms with van der Waals surface area (Å²) < 4.78 is 27.7. The lowest BCUT2D eigenvalue weighted by atomic mass is 9.94. The molecule has 0 bridgehead atoms. The molecule has 38 heavy (non-hydrogen) atoms. The van der Waals surface area contributed by atoms with Crippen LogP contribution in [0.2, 0.25) is 0 Å². The third-order valence-electron chi connectivity index (χ3n) is 6.14. The Hall–Kier alpha value is -3.72. The molecule has 1 heterocycles. The van der Waals surface area contributed by atoms with E-state index in [0.717, 1.165) is 6.42 Å². The molecule has 0 aromatic heterocycles. The number of amides is 1. The van der Waals surface area contributed by atoms with Crippen LogP contribution in [0.15, 0.2) is 42.0 Å². The SMILES string of the molecule is CCCOc1ccc(/C(O)=C2\C(=O)C(=O)N(CCCOC(C)C)C2c2cc(OC)c(OC)c(OC)c2)cc1. The average Bonchev–Trinajstić information content (AvgIpc) is 3.18. The predicted octanol–water partition coefficient (Wildman–Crippen LogP) is 4.74. The normalized spacial score (nSPS) is 16.7. The van der Waals surface area contributed by atoms with E-state index in [9.17, 15) is 14.7 Å². The molecular formula is C29H37NO8. The summed E-state index contributed by atoms with van der Waals surface area (Å²) >= 11 is 0. The fourth-order valence-electron chi connectivity index (χ4n) is 4.35. The molecule has 1 N–H and O–H groups in total. The zero-order valence-electron chi connectivity index (χ0n) is 22.9. The predicted molar refractivity (Wildman–Crippen MR) is 143 cm³/mol. The Morgan fingerprint density at radius 1 is 0.974 bits per heavy atom. The van der Waals surface area contributed by atoms with Crippen molar-refractivity contribution in [1.29, 1.82) is 0 Å². The summed E-state index contributed by atoms with van der Waals surface area (Å²) in [6.07, 6.45) is 1.42. The van der Waals surface area contributed by atoms with Gasteiger partial charge < -0.3 is 33.7 Å². The van der Waals surface area contributed by atoms with Crippen LogP contribution in [-0.4, -0.2) is 68.9 Å². The molecular weight excluding hydrogens is 490 g/mol. The van der Waals surface area contributed by atoms with Gasteiger partial charge in [-0.2, -0.15) is 0 Å². The fourth-order valence-corrected chi connectivity index (χ4v) is 4.35. The zero-order valence-corrected chi connectivity index (χ0v) is 22.9. The zero-order chi connectivity index (χ0) is 27.8. The highest BCUT2D eigenvalue weighted by atomic mass is 16.5. The highest BCUT2D eigenvalue weighted by Gasteiger charge is 2.46. The maximum Gasteiger partial charge on any atom is 0.295 e. The van der Waals surface area contributed by atoms with Gasteiger partial charge in [-0.05, 0) is 68.7 Å². The summed E-state index contributed by atoms with van der Waals surface area (Å²) in [5.74, 6) is 0.0278. The van der Waals surface area contributed by atoms with Gasteiger partial charge >= 0.3 is 0 Å². The molecule has 206 valence electrons. The Labute approximate surface area is 223 Å². The Bertz CT molecular complexity index is 1130. The Morgan fingerprint density at radius 2 is 1.61 bits per heavy atom. The topological polar surface area (TPSA) is 104 Å². The van der Waals surface area contributed by atoms with E-state index >= 15 is 0 Å². The number of ether oxygens (including phenoxy) is 5. The Kier molecular flexibility index (Phi) is 10.0. The third-order valence-corrected chi connectivity index (χ3v) is 6.14. The lowest BCUT2D eigenvalue weighted by Crippen LogP contribution is -2.31. The summed E-state index contributed by atoms with van der Waals surface area (Å²) in [6.45, 7) is 7.11. The second-order valence-corrected chi connectivity index (χ2v) is 9.10. The van der Waals surface area contributed by atoms with Crippen LogP contribution in [-0.2, 0) is 14.3 Å². The smallest absolute Gasteiger partial charge is 0.295 e. The van der Waals surface area contributed by atoms with Crippen LogP contribution in [0.3, 0.4) is 0 Å². The van der Waals surface area contributed by atoms with Crippen molar-refractivity contribution in [3.63, 3.8) is 0 Å². The number of nitrogens with zero attached hydrogens (tertiary/aromatic N) is 1. The van der Waals surface area contributed by atoms with Gasteiger partial charge in [-0.15, -0.1) is 0 Å². The maximum absolute atomic E-state index is 13.3. The molecule has 1 fully saturated rings. The first-order chi connectivity index (χ1) is 18.3. The van der Waals surface area contributed by atoms with Gasteiger partial charge in [0.1, 0.15) is 11.5 Å². The molecule has 0 spiro atoms. The van der Waals surface area contributed by atoms with Gasteiger partial charge in [0.2, 0.25) is 5.75 Å². The van der Waals surface area contributed by atoms with E-state index < -0.39 is 17.7 Å². The number of carbonyl (C=O) groups excluding carboxylic acids is 2. The lowest BCUT2D eigenvalue weighted by molar-refractivity contribution is -0.140. The van der Waals surface area contributed by atoms with Gasteiger partial charge in [0.05, 0.1) is 45.7 Å². The summed E-state index contributed by atoms with van der Waals surface area (Å²) in [7, 11) is 4.47. The van der Waals surface area contributed by atoms with E-state index in [1.165, 1.54) is 26.2 Å². The summed E-state index contributed by atoms with van der Waals surface area (Å²) in [6, 6.07) is 9.26. The van der Waals surface area contributed by atoms with Crippen molar-refractivity contribution in [3.8, 4) is 23.0 Å². The van der Waals surface area contributed by atoms with E-state index in [1.54, 1.807) is 36.4 Å². The van der Waals surface area contributed by atoms with Gasteiger partial charge in [0, 0.05) is 18.7 Å². The molecule has 9 nitrogen and oxygen atoms in total. The molecule has 1 unspecified atom stereocenters. The molecule has 9 heteroatoms. The standard InChI is InChI=1S/C29H37NO8/c1-7-14-38-21-11-9-19(10-12-21)26(31)24-25(20-16-22(34-4)28(36-6)23(17-20)35-5)30(29(33)27(24)32)13-8-15-37-18(2)3/h9-12,16-18,25,31H,7-8,13-15H2,1-6H3/b26-24+. The number of ketones is 1. The highest BCUT2D eigenvalue weighted by Crippen LogP contribution is 2.45. The van der Waals surface area contributed by atoms with Crippen molar-refractivity contribution < 1.29 is 38.4 Å². The van der Waals surface area contributed by atoms with Crippen LogP contribution in [0.4, 0.5) is 0 Å². The first-order valence-corrected chi connectivity index (χ1v) is 12.7. The number of benzene rings is 2. The number of hydrogen-bond acceptors (Lipinski definition) is 8. The lowest BCUT2D eigenvalue weighted by Gasteiger charge is -2.26. The molecule has 2 aromatic carbocycles. The van der Waals surface area contributed by atoms with E-state index in [1.807, 2.05) is 20.8 Å². The number of aliphatic hydroxyl groups excluding tert-OH is 1. The average molecular weight is 528 g/mol. The van der Waals surface area contributed by atoms with Gasteiger partial charge in [-0.25, -0.2) is 0 Å². The number of methoxy groups -OCH3 is 3. The second kappa shape index (κ2) is 13.2. The van der Waals surface area contributed by atoms with Crippen molar-refractivity contribution in [3.05, 3.63) is 53.1 Å². The molecule has 1 saturated heterocycles. The van der Waals surface area contributed by atoms with Gasteiger partial charge in [-0.1, -0.05) is 6.92 Å². The van der Waals surface area contributed by atoms with Gasteiger partial charge in [0.15, 0.2) is 11.5 Å². The Morgan fingerprint density at radius 3 is 2.13 bits per heavy atom. The summed E-state index contributed by atoms with van der Waals surface area (Å²) in [5, 5.41) is 11.4. The largest absolute Gasteiger partial charge is 0.507 e. The Balaban J connectivity index is 2.12. The number of aliphatic hydroxyl groups is 1. The first-order valence-electron chi connectivity index (χ1n) is 12.7. The number of hydrogen-bond donors (Lipinski definition) is 1. The molecule has 1 amide bonds. The number of carbonyl (C=O) groups is 2. The van der Waals surface area contributed by atoms with E-state index in [4.69, 9.17) is 23.7 Å². The molecule has 0 saturated carbocycles. The fraction of sp³-hybridized carbons (Fsp3) is 0.448. The molecule has 1 aliphatic heterocycles. The van der Waals surface area contributed by atoms with E-state index in [2.05, 4.69) is 0 Å². The maximum atomic E-state index is 13.3. The quantitative estimate of drug-likeness (QED) is 0.172. The first kappa shape index (κ1) is 28.8. The molecule has 2 aromatic rings. The van der Waals surface area contributed by atoms with Crippen molar-refractivity contribution in [2.24, 2.45) is 0 Å². The van der Waals surface area contributed by atoms with Gasteiger partial charge in [0.25, 0.3) is 11.7 Å². The number of likely N-dealkylation sites (tertiary alicyclic amines) is 1. The number of rotatable bonds is 13. The second-order valence-electron chi connectivity index (χ2n) is 9.10. The highest BCUT2D eigenvalue weighted by molar-refractivity contribution is 6.46. The van der Waals surface area contributed by atoms with Crippen molar-refractivity contribution in [1.82, 2.24) is 4.90 Å². The van der Waals surface area contributed by atoms with Gasteiger partial charge in [-0.3, -0.25) is 9.59 Å². The summed E-state index contributed by atoms with van der Waals surface area (Å²) in [4.78, 5) is 28.0. The van der Waals surface area contributed by atoms with Crippen molar-refractivity contribution >= 4 is 17.4 Å². The molecule has 0 aliphatic carbocycles. The van der Waals surface area contributed by atoms with Crippen LogP contribution in [0.25, 0.3) is 5.76 Å². The monoisotopic (exact) mass is 527 g/mol. The van der Waals surface area contributed by atoms with Crippen molar-refractivity contribution in [2.45, 2.75) is 45.8 Å². The van der Waals surface area contributed by atoms with Crippen LogP contribution in [0.5, 0.6) is 23.0 Å². The number of Topliss-reactive ketones (excluding diaryl/α,β-unsaturated/α-hetero) is 1. The van der Waals surface area contributed by atoms with Crippen LogP contribution in [0, 0.1) is 0 Å². The van der Waals surface area contributed by atoms with Crippen molar-refractivity contribution in [2.75, 3.05) is 41.1 Å². The van der Waals surface area contributed by atoms with Crippen LogP contribution >= 0.6 is 0 Å². The molecule has 1 aliphatic rings. The molecule has 0 radical (unpaired) electrons. The summed E-state index contributed by atoms with van der Waals surface area (Å²) in [5.41, 5.74) is 0.914. The molecule has 1 atom stereocenters. The van der Waals surface area contributed by atoms with Crippen LogP contribution in [0.1, 0.15) is 50.8 Å².